The van der Waals surface area contributed by atoms with E-state index in [1.165, 1.54) is 6.42 Å². The fourth-order valence-electron chi connectivity index (χ4n) is 3.49. The number of nitrogens with zero attached hydrogens (tertiary/aromatic N) is 1. The van der Waals surface area contributed by atoms with Gasteiger partial charge >= 0.3 is 0 Å². The minimum Gasteiger partial charge on any atom is -0.373 e. The lowest BCUT2D eigenvalue weighted by Gasteiger charge is -2.38. The second-order valence-corrected chi connectivity index (χ2v) is 6.19. The zero-order chi connectivity index (χ0) is 13.1. The molecule has 3 heteroatoms. The maximum absolute atomic E-state index is 12.0. The molecule has 18 heavy (non-hydrogen) atoms. The number of Topliss-reactive ketones (excluding diaryl/α,β-unsaturated/α-hetero) is 1. The van der Waals surface area contributed by atoms with Crippen LogP contribution in [-0.2, 0) is 9.53 Å². The Bertz CT molecular complexity index is 282. The number of morpholine rings is 1. The van der Waals surface area contributed by atoms with Crippen molar-refractivity contribution < 1.29 is 9.53 Å². The van der Waals surface area contributed by atoms with Gasteiger partial charge in [0.15, 0.2) is 0 Å². The monoisotopic (exact) mass is 253 g/mol. The molecule has 1 heterocycles. The molecule has 0 aromatic heterocycles. The highest BCUT2D eigenvalue weighted by Crippen LogP contribution is 2.29. The zero-order valence-electron chi connectivity index (χ0n) is 12.0. The molecule has 104 valence electrons. The molecule has 2 rings (SSSR count). The summed E-state index contributed by atoms with van der Waals surface area (Å²) in [7, 11) is 0. The van der Waals surface area contributed by atoms with Gasteiger partial charge in [-0.15, -0.1) is 0 Å². The Hall–Kier alpha value is -0.410. The van der Waals surface area contributed by atoms with Gasteiger partial charge in [0.25, 0.3) is 0 Å². The molecule has 0 spiro atoms. The Kier molecular flexibility index (Phi) is 4.79. The first kappa shape index (κ1) is 14.0. The molecule has 2 fully saturated rings. The number of carbonyl (C=O) groups excluding carboxylic acids is 1. The lowest BCUT2D eigenvalue weighted by atomic mass is 9.79. The molecule has 4 unspecified atom stereocenters. The molecule has 0 aromatic rings. The molecule has 1 aliphatic heterocycles. The molecule has 1 aliphatic carbocycles. The Morgan fingerprint density at radius 1 is 1.28 bits per heavy atom. The van der Waals surface area contributed by atoms with Gasteiger partial charge in [0.1, 0.15) is 5.78 Å². The molecular weight excluding hydrogens is 226 g/mol. The number of hydrogen-bond donors (Lipinski definition) is 0. The van der Waals surface area contributed by atoms with Gasteiger partial charge in [-0.25, -0.2) is 0 Å². The first-order valence-corrected chi connectivity index (χ1v) is 7.49. The normalized spacial score (nSPS) is 38.9. The van der Waals surface area contributed by atoms with Gasteiger partial charge < -0.3 is 4.74 Å². The van der Waals surface area contributed by atoms with E-state index in [1.807, 2.05) is 0 Å². The topological polar surface area (TPSA) is 29.5 Å². The van der Waals surface area contributed by atoms with Crippen molar-refractivity contribution in [1.82, 2.24) is 4.90 Å². The van der Waals surface area contributed by atoms with Crippen molar-refractivity contribution in [3.05, 3.63) is 0 Å². The summed E-state index contributed by atoms with van der Waals surface area (Å²) >= 11 is 0. The highest BCUT2D eigenvalue weighted by molar-refractivity contribution is 5.81. The molecule has 1 saturated carbocycles. The van der Waals surface area contributed by atoms with Gasteiger partial charge in [-0.05, 0) is 32.6 Å². The third-order valence-electron chi connectivity index (χ3n) is 4.42. The first-order chi connectivity index (χ1) is 8.58. The highest BCUT2D eigenvalue weighted by atomic mass is 16.5. The van der Waals surface area contributed by atoms with Gasteiger partial charge in [0, 0.05) is 32.0 Å². The van der Waals surface area contributed by atoms with Crippen molar-refractivity contribution in [3.8, 4) is 0 Å². The molecule has 1 saturated heterocycles. The number of rotatable bonds is 3. The van der Waals surface area contributed by atoms with E-state index < -0.39 is 0 Å². The minimum atomic E-state index is 0.279. The molecule has 0 amide bonds. The van der Waals surface area contributed by atoms with E-state index in [4.69, 9.17) is 4.74 Å². The van der Waals surface area contributed by atoms with E-state index in [0.717, 1.165) is 44.8 Å². The van der Waals surface area contributed by atoms with Crippen LogP contribution in [0.25, 0.3) is 0 Å². The molecule has 0 aromatic carbocycles. The van der Waals surface area contributed by atoms with Crippen LogP contribution in [-0.4, -0.2) is 42.5 Å². The number of hydrogen-bond acceptors (Lipinski definition) is 3. The maximum atomic E-state index is 12.0. The maximum Gasteiger partial charge on any atom is 0.137 e. The van der Waals surface area contributed by atoms with E-state index in [1.54, 1.807) is 0 Å². The van der Waals surface area contributed by atoms with Crippen LogP contribution in [0.1, 0.15) is 46.5 Å². The van der Waals surface area contributed by atoms with Crippen molar-refractivity contribution in [2.75, 3.05) is 19.6 Å². The molecule has 4 atom stereocenters. The van der Waals surface area contributed by atoms with Gasteiger partial charge in [-0.1, -0.05) is 13.3 Å². The number of ketones is 1. The predicted octanol–water partition coefficient (Wildman–Crippen LogP) is 2.49. The lowest BCUT2D eigenvalue weighted by Crippen LogP contribution is -2.48. The second kappa shape index (κ2) is 6.16. The molecule has 0 bridgehead atoms. The first-order valence-electron chi connectivity index (χ1n) is 7.49. The molecule has 3 nitrogen and oxygen atoms in total. The van der Waals surface area contributed by atoms with Crippen molar-refractivity contribution in [2.45, 2.75) is 58.7 Å². The zero-order valence-corrected chi connectivity index (χ0v) is 12.0. The quantitative estimate of drug-likeness (QED) is 0.774. The fourth-order valence-corrected chi connectivity index (χ4v) is 3.49. The molecule has 2 aliphatic rings. The third kappa shape index (κ3) is 3.55. The van der Waals surface area contributed by atoms with Crippen LogP contribution in [0.4, 0.5) is 0 Å². The summed E-state index contributed by atoms with van der Waals surface area (Å²) in [5.74, 6) is 1.54. The van der Waals surface area contributed by atoms with E-state index in [9.17, 15) is 4.79 Å². The van der Waals surface area contributed by atoms with E-state index in [2.05, 4.69) is 25.7 Å². The Balaban J connectivity index is 1.88. The van der Waals surface area contributed by atoms with Crippen LogP contribution in [0.5, 0.6) is 0 Å². The predicted molar refractivity (Wildman–Crippen MR) is 72.6 cm³/mol. The van der Waals surface area contributed by atoms with Crippen LogP contribution in [0.15, 0.2) is 0 Å². The average Bonchev–Trinajstić information content (AvgIpc) is 2.30. The summed E-state index contributed by atoms with van der Waals surface area (Å²) in [4.78, 5) is 14.5. The average molecular weight is 253 g/mol. The summed E-state index contributed by atoms with van der Waals surface area (Å²) in [6.45, 7) is 9.40. The van der Waals surface area contributed by atoms with E-state index in [0.29, 0.717) is 18.0 Å². The van der Waals surface area contributed by atoms with Gasteiger partial charge in [-0.3, -0.25) is 9.69 Å². The highest BCUT2D eigenvalue weighted by Gasteiger charge is 2.31. The molecule has 0 N–H and O–H groups in total. The summed E-state index contributed by atoms with van der Waals surface area (Å²) in [6, 6.07) is 0. The van der Waals surface area contributed by atoms with Gasteiger partial charge in [0.2, 0.25) is 0 Å². The third-order valence-corrected chi connectivity index (χ3v) is 4.42. The van der Waals surface area contributed by atoms with Crippen molar-refractivity contribution in [2.24, 2.45) is 11.8 Å². The molecular formula is C15H27NO2. The van der Waals surface area contributed by atoms with Crippen LogP contribution in [0.2, 0.25) is 0 Å². The van der Waals surface area contributed by atoms with Gasteiger partial charge in [-0.2, -0.15) is 0 Å². The smallest absolute Gasteiger partial charge is 0.137 e. The lowest BCUT2D eigenvalue weighted by molar-refractivity contribution is -0.128. The fraction of sp³-hybridized carbons (Fsp3) is 0.933. The van der Waals surface area contributed by atoms with Crippen molar-refractivity contribution in [1.29, 1.82) is 0 Å². The second-order valence-electron chi connectivity index (χ2n) is 6.19. The SMILES string of the molecule is CCC1CCC(=O)C(CN2CC(C)OC(C)C2)C1. The number of carbonyl (C=O) groups is 1. The Morgan fingerprint density at radius 2 is 1.94 bits per heavy atom. The Morgan fingerprint density at radius 3 is 2.56 bits per heavy atom. The summed E-state index contributed by atoms with van der Waals surface area (Å²) in [5.41, 5.74) is 0. The van der Waals surface area contributed by atoms with E-state index in [-0.39, 0.29) is 5.92 Å². The van der Waals surface area contributed by atoms with Crippen molar-refractivity contribution >= 4 is 5.78 Å². The summed E-state index contributed by atoms with van der Waals surface area (Å²) in [6.07, 6.45) is 4.85. The van der Waals surface area contributed by atoms with Crippen LogP contribution in [0, 0.1) is 11.8 Å². The summed E-state index contributed by atoms with van der Waals surface area (Å²) in [5, 5.41) is 0. The largest absolute Gasteiger partial charge is 0.373 e. The Labute approximate surface area is 111 Å². The van der Waals surface area contributed by atoms with Gasteiger partial charge in [0.05, 0.1) is 12.2 Å². The van der Waals surface area contributed by atoms with Crippen LogP contribution >= 0.6 is 0 Å². The van der Waals surface area contributed by atoms with Crippen molar-refractivity contribution in [3.63, 3.8) is 0 Å². The van der Waals surface area contributed by atoms with E-state index >= 15 is 0 Å². The number of ether oxygens (including phenoxy) is 1. The van der Waals surface area contributed by atoms with Crippen LogP contribution in [0.3, 0.4) is 0 Å². The standard InChI is InChI=1S/C15H27NO2/c1-4-13-5-6-15(17)14(7-13)10-16-8-11(2)18-12(3)9-16/h11-14H,4-10H2,1-3H3. The minimum absolute atomic E-state index is 0.279. The molecule has 0 radical (unpaired) electrons. The van der Waals surface area contributed by atoms with Crippen LogP contribution < -0.4 is 0 Å². The summed E-state index contributed by atoms with van der Waals surface area (Å²) < 4.78 is 5.75.